The summed E-state index contributed by atoms with van der Waals surface area (Å²) in [6, 6.07) is 1.98. The number of aldehydes is 1. The third kappa shape index (κ3) is 5.64. The van der Waals surface area contributed by atoms with E-state index in [9.17, 15) is 9.59 Å². The summed E-state index contributed by atoms with van der Waals surface area (Å²) in [4.78, 5) is 20.2. The summed E-state index contributed by atoms with van der Waals surface area (Å²) in [5.74, 6) is -3.59. The Bertz CT molecular complexity index is 559. The van der Waals surface area contributed by atoms with Crippen LogP contribution in [0.3, 0.4) is 0 Å². The lowest BCUT2D eigenvalue weighted by atomic mass is 10.0. The average Bonchev–Trinajstić information content (AvgIpc) is 2.57. The van der Waals surface area contributed by atoms with Crippen molar-refractivity contribution in [3.8, 4) is 17.2 Å². The molecule has 11 nitrogen and oxygen atoms in total. The molecule has 0 fully saturated rings. The molecule has 9 N–H and O–H groups in total. The minimum atomic E-state index is -1.79. The Morgan fingerprint density at radius 3 is 1.96 bits per heavy atom. The summed E-state index contributed by atoms with van der Waals surface area (Å²) < 4.78 is 0. The van der Waals surface area contributed by atoms with Crippen LogP contribution >= 0.6 is 0 Å². The molecule has 0 saturated carbocycles. The molecular formula is C13H18O11. The number of benzene rings is 1. The van der Waals surface area contributed by atoms with Crippen LogP contribution in [0.5, 0.6) is 17.2 Å². The van der Waals surface area contributed by atoms with Crippen LogP contribution in [0.15, 0.2) is 12.1 Å². The Hall–Kier alpha value is -2.44. The Morgan fingerprint density at radius 1 is 1.00 bits per heavy atom. The second kappa shape index (κ2) is 9.64. The van der Waals surface area contributed by atoms with Gasteiger partial charge >= 0.3 is 5.97 Å². The summed E-state index contributed by atoms with van der Waals surface area (Å²) in [6.07, 6.45) is -6.84. The van der Waals surface area contributed by atoms with Gasteiger partial charge in [0.1, 0.15) is 30.0 Å². The minimum Gasteiger partial charge on any atom is -0.504 e. The number of hydrogen-bond donors (Lipinski definition) is 9. The molecule has 24 heavy (non-hydrogen) atoms. The van der Waals surface area contributed by atoms with Gasteiger partial charge in [0.15, 0.2) is 17.8 Å². The molecule has 0 saturated heterocycles. The number of phenols is 3. The van der Waals surface area contributed by atoms with E-state index < -0.39 is 59.8 Å². The van der Waals surface area contributed by atoms with E-state index in [1.54, 1.807) is 0 Å². The van der Waals surface area contributed by atoms with Crippen LogP contribution in [0.2, 0.25) is 0 Å². The summed E-state index contributed by atoms with van der Waals surface area (Å²) in [5, 5.41) is 78.6. The van der Waals surface area contributed by atoms with E-state index in [1.807, 2.05) is 0 Å². The molecule has 1 aromatic rings. The Kier molecular flexibility index (Phi) is 8.66. The second-order valence-electron chi connectivity index (χ2n) is 4.49. The van der Waals surface area contributed by atoms with Crippen molar-refractivity contribution < 1.29 is 55.5 Å². The molecule has 0 bridgehead atoms. The van der Waals surface area contributed by atoms with E-state index in [0.29, 0.717) is 0 Å². The molecule has 11 heteroatoms. The zero-order chi connectivity index (χ0) is 19.0. The minimum absolute atomic E-state index is 0.0258. The number of aromatic hydroxyl groups is 3. The van der Waals surface area contributed by atoms with Crippen molar-refractivity contribution in [2.45, 2.75) is 24.4 Å². The normalized spacial score (nSPS) is 15.4. The predicted octanol–water partition coefficient (Wildman–Crippen LogP) is -2.88. The largest absolute Gasteiger partial charge is 0.504 e. The number of rotatable bonds is 6. The first-order valence-corrected chi connectivity index (χ1v) is 6.34. The van der Waals surface area contributed by atoms with Crippen LogP contribution in [-0.4, -0.2) is 89.2 Å². The average molecular weight is 350 g/mol. The van der Waals surface area contributed by atoms with Crippen LogP contribution in [-0.2, 0) is 4.79 Å². The van der Waals surface area contributed by atoms with E-state index in [4.69, 9.17) is 46.0 Å². The highest BCUT2D eigenvalue weighted by molar-refractivity contribution is 5.92. The number of phenolic OH excluding ortho intramolecular Hbond substituents is 2. The van der Waals surface area contributed by atoms with E-state index in [1.165, 1.54) is 0 Å². The van der Waals surface area contributed by atoms with Gasteiger partial charge in [0.25, 0.3) is 0 Å². The first kappa shape index (κ1) is 21.6. The molecule has 0 heterocycles. The number of carboxylic acids is 1. The fraction of sp³-hybridized carbons (Fsp3) is 0.385. The lowest BCUT2D eigenvalue weighted by molar-refractivity contribution is -0.136. The number of carboxylic acid groups (broad SMARTS) is 1. The first-order chi connectivity index (χ1) is 11.1. The van der Waals surface area contributed by atoms with Crippen molar-refractivity contribution in [3.63, 3.8) is 0 Å². The van der Waals surface area contributed by atoms with Crippen molar-refractivity contribution in [3.05, 3.63) is 17.7 Å². The maximum atomic E-state index is 10.3. The SMILES string of the molecule is O=C(O)c1ccc(O)c(O)c1O.O=CC(O)C(O)C(O)C(O)CO. The van der Waals surface area contributed by atoms with Gasteiger partial charge in [-0.1, -0.05) is 0 Å². The number of carbonyl (C=O) groups excluding carboxylic acids is 1. The van der Waals surface area contributed by atoms with Crippen LogP contribution in [0, 0.1) is 0 Å². The van der Waals surface area contributed by atoms with Crippen molar-refractivity contribution in [2.24, 2.45) is 0 Å². The topological polar surface area (TPSA) is 216 Å². The van der Waals surface area contributed by atoms with Crippen molar-refractivity contribution >= 4 is 12.3 Å². The third-order valence-corrected chi connectivity index (χ3v) is 2.78. The second-order valence-corrected chi connectivity index (χ2v) is 4.49. The van der Waals surface area contributed by atoms with Crippen molar-refractivity contribution in [1.29, 1.82) is 0 Å². The summed E-state index contributed by atoms with van der Waals surface area (Å²) in [7, 11) is 0. The van der Waals surface area contributed by atoms with Crippen LogP contribution in [0.1, 0.15) is 10.4 Å². The van der Waals surface area contributed by atoms with Crippen molar-refractivity contribution in [1.82, 2.24) is 0 Å². The summed E-state index contributed by atoms with van der Waals surface area (Å²) in [6.45, 7) is -0.760. The quantitative estimate of drug-likeness (QED) is 0.187. The van der Waals surface area contributed by atoms with E-state index in [2.05, 4.69) is 0 Å². The fourth-order valence-electron chi connectivity index (χ4n) is 1.36. The molecule has 0 amide bonds. The van der Waals surface area contributed by atoms with Gasteiger partial charge in [0.2, 0.25) is 5.75 Å². The van der Waals surface area contributed by atoms with Gasteiger partial charge in [-0.2, -0.15) is 0 Å². The standard InChI is InChI=1S/C7H6O5.C6H12O6/c8-4-2-1-3(7(11)12)5(9)6(4)10;7-1-3(9)5(11)6(12)4(10)2-8/h1-2,8-10H,(H,11,12);1,3-6,8-12H,2H2. The van der Waals surface area contributed by atoms with Gasteiger partial charge in [-0.3, -0.25) is 0 Å². The number of aliphatic hydroxyl groups excluding tert-OH is 5. The van der Waals surface area contributed by atoms with Gasteiger partial charge in [-0.15, -0.1) is 0 Å². The summed E-state index contributed by atoms with van der Waals surface area (Å²) in [5.41, 5.74) is -0.453. The zero-order valence-corrected chi connectivity index (χ0v) is 12.1. The fourth-order valence-corrected chi connectivity index (χ4v) is 1.36. The highest BCUT2D eigenvalue weighted by Crippen LogP contribution is 2.36. The predicted molar refractivity (Wildman–Crippen MR) is 75.6 cm³/mol. The molecule has 136 valence electrons. The smallest absolute Gasteiger partial charge is 0.339 e. The molecule has 0 aliphatic carbocycles. The van der Waals surface area contributed by atoms with Crippen LogP contribution in [0.25, 0.3) is 0 Å². The monoisotopic (exact) mass is 350 g/mol. The molecule has 1 rings (SSSR count). The number of aliphatic hydroxyl groups is 5. The van der Waals surface area contributed by atoms with Crippen molar-refractivity contribution in [2.75, 3.05) is 6.61 Å². The van der Waals surface area contributed by atoms with Crippen LogP contribution < -0.4 is 0 Å². The van der Waals surface area contributed by atoms with E-state index in [-0.39, 0.29) is 6.29 Å². The molecule has 0 aliphatic heterocycles. The number of hydrogen-bond acceptors (Lipinski definition) is 10. The lowest BCUT2D eigenvalue weighted by Gasteiger charge is -2.22. The van der Waals surface area contributed by atoms with Gasteiger partial charge in [0.05, 0.1) is 6.61 Å². The van der Waals surface area contributed by atoms with Gasteiger partial charge in [-0.25, -0.2) is 4.79 Å². The maximum Gasteiger partial charge on any atom is 0.339 e. The maximum absolute atomic E-state index is 10.3. The molecule has 0 spiro atoms. The molecule has 4 atom stereocenters. The van der Waals surface area contributed by atoms with Gasteiger partial charge in [0, 0.05) is 0 Å². The highest BCUT2D eigenvalue weighted by atomic mass is 16.4. The van der Waals surface area contributed by atoms with E-state index >= 15 is 0 Å². The summed E-state index contributed by atoms with van der Waals surface area (Å²) >= 11 is 0. The van der Waals surface area contributed by atoms with Gasteiger partial charge in [-0.05, 0) is 12.1 Å². The highest BCUT2D eigenvalue weighted by Gasteiger charge is 2.29. The molecule has 0 aliphatic rings. The Balaban J connectivity index is 0.000000441. The molecule has 4 unspecified atom stereocenters. The molecule has 0 radical (unpaired) electrons. The lowest BCUT2D eigenvalue weighted by Crippen LogP contribution is -2.46. The molecule has 1 aromatic carbocycles. The molecular weight excluding hydrogens is 332 g/mol. The molecule has 0 aromatic heterocycles. The Labute approximate surface area is 134 Å². The van der Waals surface area contributed by atoms with Gasteiger partial charge < -0.3 is 50.8 Å². The number of aromatic carboxylic acids is 1. The first-order valence-electron chi connectivity index (χ1n) is 6.34. The third-order valence-electron chi connectivity index (χ3n) is 2.78. The number of carbonyl (C=O) groups is 2. The zero-order valence-electron chi connectivity index (χ0n) is 12.1. The Morgan fingerprint density at radius 2 is 1.54 bits per heavy atom. The van der Waals surface area contributed by atoms with E-state index in [0.717, 1.165) is 12.1 Å². The van der Waals surface area contributed by atoms with Crippen LogP contribution in [0.4, 0.5) is 0 Å².